The molecule has 0 spiro atoms. The predicted molar refractivity (Wildman–Crippen MR) is 94.1 cm³/mol. The van der Waals surface area contributed by atoms with E-state index in [1.54, 1.807) is 0 Å². The number of para-hydroxylation sites is 2. The van der Waals surface area contributed by atoms with Gasteiger partial charge in [0.25, 0.3) is 0 Å². The fourth-order valence-corrected chi connectivity index (χ4v) is 2.26. The van der Waals surface area contributed by atoms with Crippen LogP contribution in [0.2, 0.25) is 0 Å². The molecule has 2 aromatic rings. The van der Waals surface area contributed by atoms with E-state index in [1.807, 2.05) is 54.6 Å². The molecule has 0 aromatic heterocycles. The number of anilines is 1. The van der Waals surface area contributed by atoms with Gasteiger partial charge < -0.3 is 15.4 Å². The molecule has 0 saturated carbocycles. The van der Waals surface area contributed by atoms with E-state index in [-0.39, 0.29) is 11.4 Å². The number of nitrogens with one attached hydrogen (secondary N) is 2. The van der Waals surface area contributed by atoms with Crippen molar-refractivity contribution in [1.29, 1.82) is 0 Å². The fraction of sp³-hybridized carbons (Fsp3) is 0.316. The molecule has 4 heteroatoms. The smallest absolute Gasteiger partial charge is 0.319 e. The van der Waals surface area contributed by atoms with Crippen LogP contribution in [0.15, 0.2) is 54.6 Å². The highest BCUT2D eigenvalue weighted by Gasteiger charge is 2.18. The Hall–Kier alpha value is -2.49. The third kappa shape index (κ3) is 5.33. The second-order valence-electron chi connectivity index (χ2n) is 6.34. The van der Waals surface area contributed by atoms with Crippen molar-refractivity contribution in [3.63, 3.8) is 0 Å². The zero-order valence-corrected chi connectivity index (χ0v) is 13.9. The largest absolute Gasteiger partial charge is 0.492 e. The van der Waals surface area contributed by atoms with Gasteiger partial charge >= 0.3 is 6.03 Å². The van der Waals surface area contributed by atoms with Crippen LogP contribution in [0, 0.1) is 0 Å². The number of hydrogen-bond acceptors (Lipinski definition) is 2. The van der Waals surface area contributed by atoms with Crippen LogP contribution in [0.25, 0.3) is 0 Å². The lowest BCUT2D eigenvalue weighted by atomic mass is 9.86. The van der Waals surface area contributed by atoms with Crippen LogP contribution in [0.4, 0.5) is 10.5 Å². The molecule has 0 heterocycles. The van der Waals surface area contributed by atoms with E-state index in [0.717, 1.165) is 17.0 Å². The topological polar surface area (TPSA) is 50.4 Å². The molecule has 0 atom stereocenters. The highest BCUT2D eigenvalue weighted by molar-refractivity contribution is 5.90. The first kappa shape index (κ1) is 16.9. The zero-order chi connectivity index (χ0) is 16.7. The Labute approximate surface area is 137 Å². The van der Waals surface area contributed by atoms with Crippen LogP contribution in [0.1, 0.15) is 26.3 Å². The van der Waals surface area contributed by atoms with E-state index < -0.39 is 0 Å². The summed E-state index contributed by atoms with van der Waals surface area (Å²) in [4.78, 5) is 12.0. The highest BCUT2D eigenvalue weighted by atomic mass is 16.5. The van der Waals surface area contributed by atoms with E-state index >= 15 is 0 Å². The normalized spacial score (nSPS) is 10.9. The Kier molecular flexibility index (Phi) is 5.63. The first-order valence-electron chi connectivity index (χ1n) is 7.79. The minimum absolute atomic E-state index is 0.0275. The molecule has 0 bridgehead atoms. The van der Waals surface area contributed by atoms with Crippen molar-refractivity contribution in [2.24, 2.45) is 0 Å². The van der Waals surface area contributed by atoms with Gasteiger partial charge in [-0.3, -0.25) is 0 Å². The Morgan fingerprint density at radius 2 is 1.65 bits per heavy atom. The summed E-state index contributed by atoms with van der Waals surface area (Å²) in [6.07, 6.45) is 0. The second kappa shape index (κ2) is 7.68. The van der Waals surface area contributed by atoms with Crippen molar-refractivity contribution >= 4 is 11.7 Å². The molecule has 2 rings (SSSR count). The van der Waals surface area contributed by atoms with Gasteiger partial charge in [-0.1, -0.05) is 57.2 Å². The fourth-order valence-electron chi connectivity index (χ4n) is 2.26. The van der Waals surface area contributed by atoms with Crippen molar-refractivity contribution in [1.82, 2.24) is 5.32 Å². The summed E-state index contributed by atoms with van der Waals surface area (Å²) in [5.74, 6) is 0.799. The highest BCUT2D eigenvalue weighted by Crippen LogP contribution is 2.29. The summed E-state index contributed by atoms with van der Waals surface area (Å²) in [6, 6.07) is 17.2. The molecule has 0 aliphatic rings. The van der Waals surface area contributed by atoms with Crippen LogP contribution in [-0.2, 0) is 5.41 Å². The molecule has 2 N–H and O–H groups in total. The van der Waals surface area contributed by atoms with Gasteiger partial charge in [0.15, 0.2) is 0 Å². The molecule has 0 radical (unpaired) electrons. The van der Waals surface area contributed by atoms with E-state index in [9.17, 15) is 4.79 Å². The van der Waals surface area contributed by atoms with E-state index in [4.69, 9.17) is 4.74 Å². The maximum atomic E-state index is 12.0. The third-order valence-electron chi connectivity index (χ3n) is 3.38. The Bertz CT molecular complexity index is 633. The van der Waals surface area contributed by atoms with Gasteiger partial charge in [0.1, 0.15) is 12.4 Å². The molecule has 4 nitrogen and oxygen atoms in total. The minimum atomic E-state index is -0.224. The second-order valence-corrected chi connectivity index (χ2v) is 6.34. The van der Waals surface area contributed by atoms with E-state index in [2.05, 4.69) is 31.4 Å². The molecule has 0 unspecified atom stereocenters. The van der Waals surface area contributed by atoms with Gasteiger partial charge in [0.2, 0.25) is 0 Å². The molecular weight excluding hydrogens is 288 g/mol. The lowest BCUT2D eigenvalue weighted by molar-refractivity contribution is 0.247. The molecule has 0 aliphatic heterocycles. The quantitative estimate of drug-likeness (QED) is 0.814. The molecule has 23 heavy (non-hydrogen) atoms. The average molecular weight is 312 g/mol. The summed E-state index contributed by atoms with van der Waals surface area (Å²) < 4.78 is 5.54. The van der Waals surface area contributed by atoms with Gasteiger partial charge in [-0.25, -0.2) is 4.79 Å². The van der Waals surface area contributed by atoms with Gasteiger partial charge in [-0.05, 0) is 29.2 Å². The van der Waals surface area contributed by atoms with Crippen LogP contribution >= 0.6 is 0 Å². The summed E-state index contributed by atoms with van der Waals surface area (Å²) >= 11 is 0. The summed E-state index contributed by atoms with van der Waals surface area (Å²) in [6.45, 7) is 7.24. The van der Waals surface area contributed by atoms with Gasteiger partial charge in [0, 0.05) is 5.69 Å². The molecule has 2 amide bonds. The number of benzene rings is 2. The average Bonchev–Trinajstić information content (AvgIpc) is 2.52. The number of carbonyl (C=O) groups excluding carboxylic acids is 1. The summed E-state index contributed by atoms with van der Waals surface area (Å²) in [7, 11) is 0. The Morgan fingerprint density at radius 1 is 1.00 bits per heavy atom. The van der Waals surface area contributed by atoms with Crippen LogP contribution in [-0.4, -0.2) is 19.2 Å². The van der Waals surface area contributed by atoms with Crippen LogP contribution < -0.4 is 15.4 Å². The summed E-state index contributed by atoms with van der Waals surface area (Å²) in [5.41, 5.74) is 1.91. The van der Waals surface area contributed by atoms with E-state index in [0.29, 0.717) is 13.2 Å². The zero-order valence-electron chi connectivity index (χ0n) is 13.9. The number of rotatable bonds is 5. The molecule has 0 aliphatic carbocycles. The lowest BCUT2D eigenvalue weighted by Gasteiger charge is -2.23. The Balaban J connectivity index is 1.81. The molecule has 2 aromatic carbocycles. The van der Waals surface area contributed by atoms with Crippen molar-refractivity contribution in [3.8, 4) is 5.75 Å². The van der Waals surface area contributed by atoms with Crippen molar-refractivity contribution in [3.05, 3.63) is 60.2 Å². The van der Waals surface area contributed by atoms with Gasteiger partial charge in [-0.2, -0.15) is 0 Å². The molecular formula is C19H24N2O2. The molecule has 0 saturated heterocycles. The third-order valence-corrected chi connectivity index (χ3v) is 3.38. The number of hydrogen-bond donors (Lipinski definition) is 2. The first-order valence-corrected chi connectivity index (χ1v) is 7.79. The first-order chi connectivity index (χ1) is 11.0. The minimum Gasteiger partial charge on any atom is -0.492 e. The standard InChI is InChI=1S/C19H24N2O2/c1-19(2,3)16-11-7-8-12-17(16)21-18(22)20-13-14-23-15-9-5-4-6-10-15/h4-12H,13-14H2,1-3H3,(H2,20,21,22). The monoisotopic (exact) mass is 312 g/mol. The van der Waals surface area contributed by atoms with Gasteiger partial charge in [0.05, 0.1) is 6.54 Å². The van der Waals surface area contributed by atoms with E-state index in [1.165, 1.54) is 0 Å². The Morgan fingerprint density at radius 3 is 2.35 bits per heavy atom. The maximum Gasteiger partial charge on any atom is 0.319 e. The SMILES string of the molecule is CC(C)(C)c1ccccc1NC(=O)NCCOc1ccccc1. The molecule has 0 fully saturated rings. The number of carbonyl (C=O) groups is 1. The van der Waals surface area contributed by atoms with Crippen LogP contribution in [0.3, 0.4) is 0 Å². The maximum absolute atomic E-state index is 12.0. The van der Waals surface area contributed by atoms with Crippen molar-refractivity contribution in [2.75, 3.05) is 18.5 Å². The lowest BCUT2D eigenvalue weighted by Crippen LogP contribution is -2.33. The number of amides is 2. The summed E-state index contributed by atoms with van der Waals surface area (Å²) in [5, 5.41) is 5.72. The number of ether oxygens (including phenoxy) is 1. The van der Waals surface area contributed by atoms with Gasteiger partial charge in [-0.15, -0.1) is 0 Å². The van der Waals surface area contributed by atoms with Crippen molar-refractivity contribution in [2.45, 2.75) is 26.2 Å². The predicted octanol–water partition coefficient (Wildman–Crippen LogP) is 4.18. The number of urea groups is 1. The van der Waals surface area contributed by atoms with Crippen LogP contribution in [0.5, 0.6) is 5.75 Å². The molecule has 122 valence electrons. The van der Waals surface area contributed by atoms with Crippen molar-refractivity contribution < 1.29 is 9.53 Å².